The van der Waals surface area contributed by atoms with Crippen LogP contribution in [0.4, 0.5) is 5.95 Å². The summed E-state index contributed by atoms with van der Waals surface area (Å²) in [7, 11) is 0. The van der Waals surface area contributed by atoms with Crippen LogP contribution in [0.25, 0.3) is 0 Å². The van der Waals surface area contributed by atoms with Crippen molar-refractivity contribution < 1.29 is 0 Å². The molecule has 0 fully saturated rings. The van der Waals surface area contributed by atoms with Crippen molar-refractivity contribution >= 4 is 11.8 Å². The minimum Gasteiger partial charge on any atom is -0.386 e. The largest absolute Gasteiger partial charge is 0.386 e. The first-order valence-corrected chi connectivity index (χ1v) is 4.58. The second-order valence-corrected chi connectivity index (χ2v) is 3.42. The number of amidine groups is 1. The lowest BCUT2D eigenvalue weighted by Crippen LogP contribution is -2.16. The number of hydrogen-bond acceptors (Lipinski definition) is 5. The first-order chi connectivity index (χ1) is 6.65. The number of hydrazone groups is 1. The van der Waals surface area contributed by atoms with Crippen molar-refractivity contribution in [1.82, 2.24) is 9.97 Å². The number of anilines is 1. The van der Waals surface area contributed by atoms with Crippen LogP contribution in [0.15, 0.2) is 11.2 Å². The van der Waals surface area contributed by atoms with Crippen LogP contribution >= 0.6 is 0 Å². The van der Waals surface area contributed by atoms with Gasteiger partial charge < -0.3 is 5.73 Å². The third kappa shape index (κ3) is 1.66. The fourth-order valence-electron chi connectivity index (χ4n) is 1.44. The van der Waals surface area contributed by atoms with Crippen LogP contribution in [0.3, 0.4) is 0 Å². The summed E-state index contributed by atoms with van der Waals surface area (Å²) < 4.78 is 0. The molecular weight excluding hydrogens is 178 g/mol. The molecule has 74 valence electrons. The van der Waals surface area contributed by atoms with Gasteiger partial charge in [-0.3, -0.25) is 0 Å². The second kappa shape index (κ2) is 3.25. The predicted octanol–water partition coefficient (Wildman–Crippen LogP) is 0.576. The summed E-state index contributed by atoms with van der Waals surface area (Å²) in [4.78, 5) is 8.61. The molecule has 1 aliphatic rings. The molecule has 0 unspecified atom stereocenters. The van der Waals surface area contributed by atoms with Crippen molar-refractivity contribution in [3.63, 3.8) is 0 Å². The predicted molar refractivity (Wildman–Crippen MR) is 55.1 cm³/mol. The zero-order chi connectivity index (χ0) is 10.1. The Kier molecular flexibility index (Phi) is 2.07. The molecule has 1 aromatic rings. The fraction of sp³-hybridized carbons (Fsp3) is 0.444. The molecule has 0 aromatic carbocycles. The summed E-state index contributed by atoms with van der Waals surface area (Å²) >= 11 is 0. The van der Waals surface area contributed by atoms with Crippen molar-refractivity contribution in [3.8, 4) is 0 Å². The molecule has 0 aliphatic carbocycles. The van der Waals surface area contributed by atoms with Crippen molar-refractivity contribution in [3.05, 3.63) is 17.5 Å². The molecular formula is C9H13N5. The van der Waals surface area contributed by atoms with Crippen LogP contribution in [-0.2, 0) is 0 Å². The molecule has 0 atom stereocenters. The quantitative estimate of drug-likeness (QED) is 0.705. The number of rotatable bonds is 1. The molecule has 0 spiro atoms. The summed E-state index contributed by atoms with van der Waals surface area (Å²) in [6.07, 6.45) is 0.788. The van der Waals surface area contributed by atoms with Crippen molar-refractivity contribution in [2.75, 3.05) is 11.6 Å². The Labute approximate surface area is 82.7 Å². The molecule has 0 bridgehead atoms. The van der Waals surface area contributed by atoms with Crippen LogP contribution in [0.1, 0.15) is 17.8 Å². The van der Waals surface area contributed by atoms with Crippen LogP contribution in [-0.4, -0.2) is 22.3 Å². The van der Waals surface area contributed by atoms with Gasteiger partial charge in [-0.25, -0.2) is 15.0 Å². The van der Waals surface area contributed by atoms with Crippen LogP contribution < -0.4 is 10.7 Å². The van der Waals surface area contributed by atoms with Gasteiger partial charge in [-0.2, -0.15) is 5.10 Å². The Balaban J connectivity index is 2.32. The molecule has 5 nitrogen and oxygen atoms in total. The summed E-state index contributed by atoms with van der Waals surface area (Å²) in [5.74, 6) is 1.29. The summed E-state index contributed by atoms with van der Waals surface area (Å²) in [5.41, 5.74) is 7.50. The molecule has 0 radical (unpaired) electrons. The van der Waals surface area contributed by atoms with E-state index in [9.17, 15) is 0 Å². The van der Waals surface area contributed by atoms with E-state index in [2.05, 4.69) is 15.1 Å². The van der Waals surface area contributed by atoms with Gasteiger partial charge >= 0.3 is 0 Å². The van der Waals surface area contributed by atoms with E-state index in [1.165, 1.54) is 0 Å². The first-order valence-electron chi connectivity index (χ1n) is 4.58. The Hall–Kier alpha value is -1.65. The van der Waals surface area contributed by atoms with Crippen molar-refractivity contribution in [2.24, 2.45) is 10.8 Å². The Morgan fingerprint density at radius 3 is 2.43 bits per heavy atom. The van der Waals surface area contributed by atoms with Gasteiger partial charge in [0, 0.05) is 17.8 Å². The molecule has 0 saturated carbocycles. The van der Waals surface area contributed by atoms with E-state index in [4.69, 9.17) is 5.73 Å². The van der Waals surface area contributed by atoms with Gasteiger partial charge in [0.1, 0.15) is 5.84 Å². The molecule has 2 heterocycles. The van der Waals surface area contributed by atoms with E-state index in [0.717, 1.165) is 24.4 Å². The molecule has 1 aromatic heterocycles. The van der Waals surface area contributed by atoms with Gasteiger partial charge in [-0.15, -0.1) is 0 Å². The summed E-state index contributed by atoms with van der Waals surface area (Å²) in [5, 5.41) is 5.89. The van der Waals surface area contributed by atoms with Gasteiger partial charge in [0.2, 0.25) is 5.95 Å². The van der Waals surface area contributed by atoms with E-state index < -0.39 is 0 Å². The number of hydrogen-bond donors (Lipinski definition) is 1. The standard InChI is InChI=1S/C9H13N5/c1-6-5-7(2)12-9(11-6)14-4-3-8(10)13-14/h5H,3-4H2,1-2H3,(H2,10,13). The average molecular weight is 191 g/mol. The Bertz CT molecular complexity index is 365. The molecule has 2 rings (SSSR count). The molecule has 5 heteroatoms. The molecule has 2 N–H and O–H groups in total. The maximum absolute atomic E-state index is 5.59. The second-order valence-electron chi connectivity index (χ2n) is 3.42. The van der Waals surface area contributed by atoms with E-state index in [1.807, 2.05) is 19.9 Å². The van der Waals surface area contributed by atoms with Gasteiger partial charge in [-0.1, -0.05) is 0 Å². The molecule has 0 amide bonds. The average Bonchev–Trinajstić information content (AvgIpc) is 2.50. The highest BCUT2D eigenvalue weighted by molar-refractivity contribution is 5.83. The Morgan fingerprint density at radius 2 is 1.93 bits per heavy atom. The third-order valence-corrected chi connectivity index (χ3v) is 2.03. The molecule has 14 heavy (non-hydrogen) atoms. The number of aromatic nitrogens is 2. The fourth-order valence-corrected chi connectivity index (χ4v) is 1.44. The number of nitrogens with zero attached hydrogens (tertiary/aromatic N) is 4. The highest BCUT2D eigenvalue weighted by Gasteiger charge is 2.16. The van der Waals surface area contributed by atoms with Gasteiger partial charge in [-0.05, 0) is 19.9 Å². The van der Waals surface area contributed by atoms with E-state index in [-0.39, 0.29) is 0 Å². The van der Waals surface area contributed by atoms with Crippen LogP contribution in [0.2, 0.25) is 0 Å². The SMILES string of the molecule is Cc1cc(C)nc(N2CCC(N)=N2)n1. The topological polar surface area (TPSA) is 67.4 Å². The smallest absolute Gasteiger partial charge is 0.246 e. The van der Waals surface area contributed by atoms with Gasteiger partial charge in [0.15, 0.2) is 0 Å². The maximum Gasteiger partial charge on any atom is 0.246 e. The number of aryl methyl sites for hydroxylation is 2. The zero-order valence-corrected chi connectivity index (χ0v) is 8.36. The first kappa shape index (κ1) is 8.93. The molecule has 1 aliphatic heterocycles. The lowest BCUT2D eigenvalue weighted by molar-refractivity contribution is 0.849. The van der Waals surface area contributed by atoms with Crippen LogP contribution in [0.5, 0.6) is 0 Å². The van der Waals surface area contributed by atoms with Gasteiger partial charge in [0.25, 0.3) is 0 Å². The van der Waals surface area contributed by atoms with Crippen LogP contribution in [0, 0.1) is 13.8 Å². The maximum atomic E-state index is 5.59. The van der Waals surface area contributed by atoms with Crippen molar-refractivity contribution in [2.45, 2.75) is 20.3 Å². The van der Waals surface area contributed by atoms with E-state index >= 15 is 0 Å². The minimum atomic E-state index is 0.642. The highest BCUT2D eigenvalue weighted by atomic mass is 15.5. The van der Waals surface area contributed by atoms with Gasteiger partial charge in [0.05, 0.1) is 6.54 Å². The summed E-state index contributed by atoms with van der Waals surface area (Å²) in [6.45, 7) is 4.66. The van der Waals surface area contributed by atoms with E-state index in [0.29, 0.717) is 11.8 Å². The Morgan fingerprint density at radius 1 is 1.29 bits per heavy atom. The molecule has 0 saturated heterocycles. The van der Waals surface area contributed by atoms with Crippen molar-refractivity contribution in [1.29, 1.82) is 0 Å². The third-order valence-electron chi connectivity index (χ3n) is 2.03. The normalized spacial score (nSPS) is 15.9. The highest BCUT2D eigenvalue weighted by Crippen LogP contribution is 2.14. The minimum absolute atomic E-state index is 0.642. The lowest BCUT2D eigenvalue weighted by atomic mass is 10.3. The summed E-state index contributed by atoms with van der Waals surface area (Å²) in [6, 6.07) is 1.94. The lowest BCUT2D eigenvalue weighted by Gasteiger charge is -2.11. The zero-order valence-electron chi connectivity index (χ0n) is 8.36. The van der Waals surface area contributed by atoms with E-state index in [1.54, 1.807) is 5.01 Å². The monoisotopic (exact) mass is 191 g/mol. The number of nitrogens with two attached hydrogens (primary N) is 1.